The van der Waals surface area contributed by atoms with Crippen LogP contribution in [0.25, 0.3) is 22.7 Å². The van der Waals surface area contributed by atoms with E-state index in [0.29, 0.717) is 22.1 Å². The third-order valence-electron chi connectivity index (χ3n) is 5.34. The van der Waals surface area contributed by atoms with Crippen LogP contribution in [0.3, 0.4) is 0 Å². The van der Waals surface area contributed by atoms with Crippen molar-refractivity contribution in [2.24, 2.45) is 0 Å². The van der Waals surface area contributed by atoms with E-state index in [0.717, 1.165) is 12.3 Å². The Morgan fingerprint density at radius 3 is 2.48 bits per heavy atom. The van der Waals surface area contributed by atoms with Crippen molar-refractivity contribution >= 4 is 22.8 Å². The Bertz CT molecular complexity index is 1340. The molecule has 0 bridgehead atoms. The predicted octanol–water partition coefficient (Wildman–Crippen LogP) is 4.07. The van der Waals surface area contributed by atoms with Crippen LogP contribution in [0, 0.1) is 5.82 Å². The topological polar surface area (TPSA) is 90.7 Å². The second kappa shape index (κ2) is 8.32. The van der Waals surface area contributed by atoms with Crippen molar-refractivity contribution in [1.82, 2.24) is 14.8 Å². The van der Waals surface area contributed by atoms with Gasteiger partial charge < -0.3 is 10.1 Å². The summed E-state index contributed by atoms with van der Waals surface area (Å²) in [6, 6.07) is 9.25. The van der Waals surface area contributed by atoms with Crippen LogP contribution in [0.2, 0.25) is 0 Å². The number of halogens is 4. The first-order valence-electron chi connectivity index (χ1n) is 9.72. The smallest absolute Gasteiger partial charge is 0.372 e. The van der Waals surface area contributed by atoms with Gasteiger partial charge in [-0.3, -0.25) is 0 Å². The summed E-state index contributed by atoms with van der Waals surface area (Å²) in [5, 5.41) is 25.1. The van der Waals surface area contributed by atoms with Crippen LogP contribution in [0.15, 0.2) is 73.6 Å². The molecular weight excluding hydrogens is 440 g/mol. The Morgan fingerprint density at radius 2 is 1.85 bits per heavy atom. The first-order valence-corrected chi connectivity index (χ1v) is 9.72. The van der Waals surface area contributed by atoms with Gasteiger partial charge >= 0.3 is 6.18 Å². The van der Waals surface area contributed by atoms with Gasteiger partial charge in [0.05, 0.1) is 23.0 Å². The third kappa shape index (κ3) is 3.74. The summed E-state index contributed by atoms with van der Waals surface area (Å²) < 4.78 is 57.8. The highest BCUT2D eigenvalue weighted by atomic mass is 19.4. The quantitative estimate of drug-likeness (QED) is 0.199. The summed E-state index contributed by atoms with van der Waals surface area (Å²) >= 11 is 0. The van der Waals surface area contributed by atoms with E-state index in [-0.39, 0.29) is 11.4 Å². The number of benzene rings is 2. The number of allylic oxidation sites excluding steroid dienone is 2. The van der Waals surface area contributed by atoms with E-state index in [9.17, 15) is 27.9 Å². The summed E-state index contributed by atoms with van der Waals surface area (Å²) in [6.07, 6.45) is 1.33. The molecule has 4 aromatic rings. The molecule has 0 fully saturated rings. The van der Waals surface area contributed by atoms with Crippen LogP contribution >= 0.6 is 0 Å². The molecule has 33 heavy (non-hydrogen) atoms. The van der Waals surface area contributed by atoms with Crippen molar-refractivity contribution in [1.29, 1.82) is 0 Å². The van der Waals surface area contributed by atoms with Gasteiger partial charge in [-0.2, -0.15) is 23.8 Å². The van der Waals surface area contributed by atoms with Crippen LogP contribution in [-0.4, -0.2) is 31.3 Å². The Morgan fingerprint density at radius 1 is 1.12 bits per heavy atom. The fourth-order valence-corrected chi connectivity index (χ4v) is 3.72. The van der Waals surface area contributed by atoms with Crippen molar-refractivity contribution in [2.75, 3.05) is 0 Å². The van der Waals surface area contributed by atoms with Crippen LogP contribution in [0.1, 0.15) is 16.7 Å². The molecule has 2 aromatic carbocycles. The number of aromatic amines is 1. The maximum Gasteiger partial charge on any atom is 0.425 e. The lowest BCUT2D eigenvalue weighted by atomic mass is 9.84. The molecule has 5 N–H and O–H groups in total. The minimum absolute atomic E-state index is 0.00372. The van der Waals surface area contributed by atoms with Gasteiger partial charge in [0.25, 0.3) is 0 Å². The molecule has 0 saturated heterocycles. The number of fused-ring (bicyclic) bond motifs is 1. The third-order valence-corrected chi connectivity index (χ3v) is 5.34. The number of rotatable bonds is 6. The van der Waals surface area contributed by atoms with Crippen molar-refractivity contribution < 1.29 is 33.4 Å². The average Bonchev–Trinajstić information content (AvgIpc) is 3.40. The number of nitrogens with one attached hydrogen (secondary N) is 1. The van der Waals surface area contributed by atoms with E-state index in [1.165, 1.54) is 65.5 Å². The highest BCUT2D eigenvalue weighted by Gasteiger charge is 2.58. The molecule has 170 valence electrons. The van der Waals surface area contributed by atoms with E-state index in [1.54, 1.807) is 0 Å². The zero-order chi connectivity index (χ0) is 23.8. The van der Waals surface area contributed by atoms with Crippen LogP contribution < -0.4 is 5.48 Å². The first-order chi connectivity index (χ1) is 15.7. The SMILES string of the molecule is C=C/C=C\c1c(C(O)(c2ccc3c(cnn3-c3ccc(F)cc3)c2)C(F)(F)F)c[nH]c1[NH2+]O. The van der Waals surface area contributed by atoms with E-state index in [1.807, 2.05) is 0 Å². The van der Waals surface area contributed by atoms with E-state index in [4.69, 9.17) is 0 Å². The van der Waals surface area contributed by atoms with Gasteiger partial charge in [-0.1, -0.05) is 24.8 Å². The average molecular weight is 459 g/mol. The fourth-order valence-electron chi connectivity index (χ4n) is 3.72. The van der Waals surface area contributed by atoms with Gasteiger partial charge in [-0.25, -0.2) is 14.3 Å². The molecule has 10 heteroatoms. The normalized spacial score (nSPS) is 14.1. The number of hydrogen-bond donors (Lipinski definition) is 4. The van der Waals surface area contributed by atoms with Crippen LogP contribution in [0.5, 0.6) is 0 Å². The molecular formula is C23H19F4N4O2+. The van der Waals surface area contributed by atoms with Crippen molar-refractivity contribution in [3.8, 4) is 5.69 Å². The molecule has 0 saturated carbocycles. The summed E-state index contributed by atoms with van der Waals surface area (Å²) in [4.78, 5) is 2.55. The molecule has 1 unspecified atom stereocenters. The lowest BCUT2D eigenvalue weighted by Crippen LogP contribution is -2.74. The summed E-state index contributed by atoms with van der Waals surface area (Å²) in [6.45, 7) is 3.50. The predicted molar refractivity (Wildman–Crippen MR) is 113 cm³/mol. The Hall–Kier alpha value is -3.73. The number of aliphatic hydroxyl groups is 1. The summed E-state index contributed by atoms with van der Waals surface area (Å²) in [5.41, 5.74) is -2.73. The largest absolute Gasteiger partial charge is 0.425 e. The van der Waals surface area contributed by atoms with Gasteiger partial charge in [0.1, 0.15) is 5.82 Å². The maximum absolute atomic E-state index is 14.4. The molecule has 0 radical (unpaired) electrons. The highest BCUT2D eigenvalue weighted by Crippen LogP contribution is 2.47. The van der Waals surface area contributed by atoms with Gasteiger partial charge in [-0.15, -0.1) is 0 Å². The fraction of sp³-hybridized carbons (Fsp3) is 0.0870. The van der Waals surface area contributed by atoms with Crippen molar-refractivity contribution in [3.05, 3.63) is 96.1 Å². The van der Waals surface area contributed by atoms with Gasteiger partial charge in [-0.05, 0) is 48.0 Å². The summed E-state index contributed by atoms with van der Waals surface area (Å²) in [7, 11) is 0. The lowest BCUT2D eigenvalue weighted by Gasteiger charge is -2.31. The number of hydrogen-bond acceptors (Lipinski definition) is 3. The zero-order valence-corrected chi connectivity index (χ0v) is 17.0. The van der Waals surface area contributed by atoms with Crippen molar-refractivity contribution in [2.45, 2.75) is 11.8 Å². The minimum Gasteiger partial charge on any atom is -0.372 e. The molecule has 0 aliphatic carbocycles. The van der Waals surface area contributed by atoms with E-state index < -0.39 is 28.7 Å². The molecule has 0 aliphatic heterocycles. The lowest BCUT2D eigenvalue weighted by molar-refractivity contribution is -0.828. The minimum atomic E-state index is -5.10. The van der Waals surface area contributed by atoms with E-state index >= 15 is 0 Å². The van der Waals surface area contributed by atoms with Gasteiger partial charge in [0, 0.05) is 17.1 Å². The number of nitrogens with two attached hydrogens (primary N) is 1. The van der Waals surface area contributed by atoms with Gasteiger partial charge in [0.2, 0.25) is 11.4 Å². The monoisotopic (exact) mass is 459 g/mol. The molecule has 2 aromatic heterocycles. The second-order valence-corrected chi connectivity index (χ2v) is 7.27. The number of nitrogens with zero attached hydrogens (tertiary/aromatic N) is 2. The van der Waals surface area contributed by atoms with E-state index in [2.05, 4.69) is 16.7 Å². The standard InChI is InChI=1S/C23H18F4N4O2/c1-2-3-4-18-19(13-28-21(18)30-33)22(32,23(25,26)27)15-5-10-20-14(11-15)12-29-31(20)17-8-6-16(24)7-9-17/h2-13,28,30,32-33H,1H2/p+1/b4-3-. The highest BCUT2D eigenvalue weighted by molar-refractivity contribution is 5.81. The Balaban J connectivity index is 1.89. The Kier molecular flexibility index (Phi) is 5.66. The molecule has 1 atom stereocenters. The van der Waals surface area contributed by atoms with Gasteiger partial charge in [0.15, 0.2) is 0 Å². The number of quaternary nitrogens is 1. The first kappa shape index (κ1) is 22.5. The Labute approximate surface area is 185 Å². The molecule has 2 heterocycles. The maximum atomic E-state index is 14.4. The van der Waals surface area contributed by atoms with Crippen LogP contribution in [0.4, 0.5) is 23.4 Å². The number of H-pyrrole nitrogens is 1. The molecule has 0 spiro atoms. The molecule has 0 aliphatic rings. The molecule has 6 nitrogen and oxygen atoms in total. The van der Waals surface area contributed by atoms with Crippen LogP contribution in [-0.2, 0) is 5.60 Å². The second-order valence-electron chi connectivity index (χ2n) is 7.27. The zero-order valence-electron chi connectivity index (χ0n) is 17.0. The number of alkyl halides is 3. The van der Waals surface area contributed by atoms with Crippen molar-refractivity contribution in [3.63, 3.8) is 0 Å². The molecule has 4 rings (SSSR count). The summed E-state index contributed by atoms with van der Waals surface area (Å²) in [5.74, 6) is -0.434. The molecule has 0 amide bonds. The number of aromatic nitrogens is 3.